The van der Waals surface area contributed by atoms with E-state index >= 15 is 0 Å². The van der Waals surface area contributed by atoms with Gasteiger partial charge in [0.1, 0.15) is 12.4 Å². The van der Waals surface area contributed by atoms with Crippen molar-refractivity contribution in [1.82, 2.24) is 4.40 Å². The number of nitrogens with two attached hydrogens (primary N) is 1. The number of pyridine rings is 1. The normalized spacial score (nSPS) is 10.9. The van der Waals surface area contributed by atoms with E-state index < -0.39 is 11.7 Å². The lowest BCUT2D eigenvalue weighted by Gasteiger charge is -2.13. The first-order chi connectivity index (χ1) is 18.1. The maximum atomic E-state index is 13.2. The molecule has 37 heavy (non-hydrogen) atoms. The van der Waals surface area contributed by atoms with Crippen LogP contribution in [0.5, 0.6) is 5.75 Å². The number of primary amides is 1. The Labute approximate surface area is 216 Å². The van der Waals surface area contributed by atoms with E-state index in [2.05, 4.69) is 24.3 Å². The molecule has 0 atom stereocenters. The Hall–Kier alpha value is -4.64. The fourth-order valence-electron chi connectivity index (χ4n) is 4.94. The summed E-state index contributed by atoms with van der Waals surface area (Å²) in [6.45, 7) is 2.33. The van der Waals surface area contributed by atoms with Gasteiger partial charge in [-0.25, -0.2) is 0 Å². The predicted molar refractivity (Wildman–Crippen MR) is 146 cm³/mol. The van der Waals surface area contributed by atoms with Gasteiger partial charge in [-0.15, -0.1) is 0 Å². The van der Waals surface area contributed by atoms with Crippen LogP contribution in [0, 0.1) is 0 Å². The van der Waals surface area contributed by atoms with Crippen molar-refractivity contribution in [2.45, 2.75) is 26.4 Å². The highest BCUT2D eigenvalue weighted by Crippen LogP contribution is 2.35. The lowest BCUT2D eigenvalue weighted by molar-refractivity contribution is -0.114. The largest absolute Gasteiger partial charge is 0.487 e. The number of aromatic nitrogens is 1. The van der Waals surface area contributed by atoms with Crippen LogP contribution in [0.3, 0.4) is 0 Å². The average molecular weight is 489 g/mol. The number of ether oxygens (including phenoxy) is 1. The SMILES string of the molecule is CCc1c(C(=O)C(N)=O)c2c(OCc3ccccc3)cccn2c1Cc1ccccc1-c1ccccc1. The Morgan fingerprint density at radius 1 is 0.838 bits per heavy atom. The van der Waals surface area contributed by atoms with Gasteiger partial charge in [-0.1, -0.05) is 91.9 Å². The molecule has 2 aromatic heterocycles. The first kappa shape index (κ1) is 24.1. The number of carbonyl (C=O) groups is 2. The van der Waals surface area contributed by atoms with Crippen LogP contribution in [0.25, 0.3) is 16.6 Å². The number of rotatable bonds is 9. The van der Waals surface area contributed by atoms with Gasteiger partial charge in [0.2, 0.25) is 0 Å². The summed E-state index contributed by atoms with van der Waals surface area (Å²) in [5, 5.41) is 0. The molecule has 5 rings (SSSR count). The summed E-state index contributed by atoms with van der Waals surface area (Å²) in [5.41, 5.74) is 12.5. The van der Waals surface area contributed by atoms with Gasteiger partial charge in [-0.3, -0.25) is 9.59 Å². The van der Waals surface area contributed by atoms with Gasteiger partial charge in [0.05, 0.1) is 11.1 Å². The summed E-state index contributed by atoms with van der Waals surface area (Å²) in [5.74, 6) is -1.14. The van der Waals surface area contributed by atoms with E-state index in [1.165, 1.54) is 0 Å². The quantitative estimate of drug-likeness (QED) is 0.204. The molecule has 3 aromatic carbocycles. The predicted octanol–water partition coefficient (Wildman–Crippen LogP) is 6.01. The molecule has 0 aliphatic carbocycles. The van der Waals surface area contributed by atoms with Gasteiger partial charge >= 0.3 is 0 Å². The van der Waals surface area contributed by atoms with Crippen LogP contribution < -0.4 is 10.5 Å². The lowest BCUT2D eigenvalue weighted by Crippen LogP contribution is -2.24. The molecule has 0 aliphatic rings. The van der Waals surface area contributed by atoms with Crippen LogP contribution in [0.2, 0.25) is 0 Å². The molecule has 1 amide bonds. The van der Waals surface area contributed by atoms with E-state index in [1.54, 1.807) is 0 Å². The van der Waals surface area contributed by atoms with Crippen LogP contribution in [0.1, 0.15) is 39.7 Å². The highest BCUT2D eigenvalue weighted by molar-refractivity contribution is 6.44. The van der Waals surface area contributed by atoms with Gasteiger partial charge in [0.25, 0.3) is 11.7 Å². The third kappa shape index (κ3) is 4.76. The van der Waals surface area contributed by atoms with Crippen molar-refractivity contribution in [1.29, 1.82) is 0 Å². The molecule has 0 fully saturated rings. The molecule has 0 radical (unpaired) electrons. The summed E-state index contributed by atoms with van der Waals surface area (Å²) < 4.78 is 8.19. The number of carbonyl (C=O) groups excluding carboxylic acids is 2. The molecule has 184 valence electrons. The molecule has 2 N–H and O–H groups in total. The second-order valence-electron chi connectivity index (χ2n) is 8.91. The van der Waals surface area contributed by atoms with Crippen molar-refractivity contribution in [2.75, 3.05) is 0 Å². The second-order valence-corrected chi connectivity index (χ2v) is 8.91. The van der Waals surface area contributed by atoms with Gasteiger partial charge < -0.3 is 14.9 Å². The molecular formula is C32H28N2O3. The van der Waals surface area contributed by atoms with Crippen LogP contribution in [-0.4, -0.2) is 16.1 Å². The zero-order valence-electron chi connectivity index (χ0n) is 20.7. The number of benzene rings is 3. The molecule has 2 heterocycles. The maximum absolute atomic E-state index is 13.2. The monoisotopic (exact) mass is 488 g/mol. The Morgan fingerprint density at radius 3 is 2.22 bits per heavy atom. The van der Waals surface area contributed by atoms with Gasteiger partial charge in [0, 0.05) is 18.3 Å². The first-order valence-corrected chi connectivity index (χ1v) is 12.4. The van der Waals surface area contributed by atoms with E-state index in [9.17, 15) is 9.59 Å². The minimum atomic E-state index is -0.976. The molecule has 5 aromatic rings. The summed E-state index contributed by atoms with van der Waals surface area (Å²) in [6, 6.07) is 32.0. The molecule has 5 heteroatoms. The molecular weight excluding hydrogens is 460 g/mol. The van der Waals surface area contributed by atoms with Crippen LogP contribution in [-0.2, 0) is 24.2 Å². The maximum Gasteiger partial charge on any atom is 0.289 e. The van der Waals surface area contributed by atoms with Crippen molar-refractivity contribution in [3.63, 3.8) is 0 Å². The van der Waals surface area contributed by atoms with E-state index in [-0.39, 0.29) is 0 Å². The summed E-state index contributed by atoms with van der Waals surface area (Å²) in [7, 11) is 0. The fourth-order valence-corrected chi connectivity index (χ4v) is 4.94. The molecule has 0 unspecified atom stereocenters. The highest BCUT2D eigenvalue weighted by Gasteiger charge is 2.28. The third-order valence-corrected chi connectivity index (χ3v) is 6.64. The van der Waals surface area contributed by atoms with E-state index in [1.807, 2.05) is 90.3 Å². The minimum absolute atomic E-state index is 0.325. The molecule has 0 aliphatic heterocycles. The summed E-state index contributed by atoms with van der Waals surface area (Å²) in [6.07, 6.45) is 3.06. The second kappa shape index (κ2) is 10.5. The summed E-state index contributed by atoms with van der Waals surface area (Å²) in [4.78, 5) is 25.3. The number of ketones is 1. The number of amides is 1. The van der Waals surface area contributed by atoms with Crippen molar-refractivity contribution < 1.29 is 14.3 Å². The Kier molecular flexibility index (Phi) is 6.86. The van der Waals surface area contributed by atoms with Crippen molar-refractivity contribution in [3.05, 3.63) is 131 Å². The Balaban J connectivity index is 1.67. The van der Waals surface area contributed by atoms with E-state index in [0.29, 0.717) is 36.3 Å². The number of hydrogen-bond donors (Lipinski definition) is 1. The van der Waals surface area contributed by atoms with Crippen LogP contribution >= 0.6 is 0 Å². The molecule has 0 bridgehead atoms. The number of Topliss-reactive ketones (excluding diaryl/α,β-unsaturated/α-hetero) is 1. The van der Waals surface area contributed by atoms with Crippen LogP contribution in [0.15, 0.2) is 103 Å². The molecule has 5 nitrogen and oxygen atoms in total. The van der Waals surface area contributed by atoms with E-state index in [4.69, 9.17) is 10.5 Å². The first-order valence-electron chi connectivity index (χ1n) is 12.4. The average Bonchev–Trinajstić information content (AvgIpc) is 3.26. The highest BCUT2D eigenvalue weighted by atomic mass is 16.5. The third-order valence-electron chi connectivity index (χ3n) is 6.64. The van der Waals surface area contributed by atoms with Gasteiger partial charge in [-0.05, 0) is 46.4 Å². The standard InChI is InChI=1S/C32H28N2O3/c1-2-25-27(20-24-16-9-10-17-26(24)23-14-7-4-8-15-23)34-19-11-18-28(30(34)29(25)31(35)32(33)36)37-21-22-12-5-3-6-13-22/h3-19H,2,20-21H2,1H3,(H2,33,36). The minimum Gasteiger partial charge on any atom is -0.487 e. The Bertz CT molecular complexity index is 1570. The summed E-state index contributed by atoms with van der Waals surface area (Å²) >= 11 is 0. The van der Waals surface area contributed by atoms with E-state index in [0.717, 1.165) is 33.5 Å². The molecule has 0 spiro atoms. The Morgan fingerprint density at radius 2 is 1.51 bits per heavy atom. The zero-order chi connectivity index (χ0) is 25.8. The van der Waals surface area contributed by atoms with Crippen molar-refractivity contribution >= 4 is 17.2 Å². The topological polar surface area (TPSA) is 73.8 Å². The zero-order valence-corrected chi connectivity index (χ0v) is 20.7. The van der Waals surface area contributed by atoms with Crippen molar-refractivity contribution in [3.8, 4) is 16.9 Å². The van der Waals surface area contributed by atoms with Gasteiger partial charge in [0.15, 0.2) is 0 Å². The van der Waals surface area contributed by atoms with Crippen molar-refractivity contribution in [2.24, 2.45) is 5.73 Å². The number of hydrogen-bond acceptors (Lipinski definition) is 3. The fraction of sp³-hybridized carbons (Fsp3) is 0.125. The number of nitrogens with zero attached hydrogens (tertiary/aromatic N) is 1. The molecule has 0 saturated heterocycles. The molecule has 0 saturated carbocycles. The smallest absolute Gasteiger partial charge is 0.289 e. The lowest BCUT2D eigenvalue weighted by atomic mass is 9.94. The van der Waals surface area contributed by atoms with Crippen LogP contribution in [0.4, 0.5) is 0 Å². The van der Waals surface area contributed by atoms with Gasteiger partial charge in [-0.2, -0.15) is 0 Å². The number of fused-ring (bicyclic) bond motifs is 1.